The predicted molar refractivity (Wildman–Crippen MR) is 66.5 cm³/mol. The third kappa shape index (κ3) is 2.90. The van der Waals surface area contributed by atoms with Crippen molar-refractivity contribution in [2.45, 2.75) is 13.0 Å². The zero-order valence-electron chi connectivity index (χ0n) is 10.5. The van der Waals surface area contributed by atoms with E-state index < -0.39 is 17.8 Å². The number of rotatable bonds is 2. The minimum atomic E-state index is -0.992. The van der Waals surface area contributed by atoms with Crippen LogP contribution in [0.2, 0.25) is 0 Å². The number of halogens is 1. The van der Waals surface area contributed by atoms with Crippen molar-refractivity contribution in [2.75, 3.05) is 19.6 Å². The molecule has 1 amide bonds. The molecule has 1 unspecified atom stereocenters. The second-order valence-electron chi connectivity index (χ2n) is 4.56. The molecule has 1 saturated heterocycles. The Balaban J connectivity index is 2.19. The van der Waals surface area contributed by atoms with Gasteiger partial charge < -0.3 is 15.3 Å². The van der Waals surface area contributed by atoms with E-state index in [9.17, 15) is 14.0 Å². The zero-order chi connectivity index (χ0) is 14.0. The first kappa shape index (κ1) is 13.5. The van der Waals surface area contributed by atoms with E-state index in [2.05, 4.69) is 5.32 Å². The Bertz CT molecular complexity index is 519. The molecule has 1 heterocycles. The molecule has 0 aromatic heterocycles. The van der Waals surface area contributed by atoms with Crippen molar-refractivity contribution in [2.24, 2.45) is 0 Å². The third-order valence-electron chi connectivity index (χ3n) is 3.19. The number of amides is 1. The molecule has 1 aromatic carbocycles. The molecule has 0 saturated carbocycles. The first-order valence-electron chi connectivity index (χ1n) is 6.00. The molecule has 1 atom stereocenters. The van der Waals surface area contributed by atoms with Crippen LogP contribution in [0.15, 0.2) is 18.2 Å². The van der Waals surface area contributed by atoms with Crippen molar-refractivity contribution >= 4 is 11.9 Å². The van der Waals surface area contributed by atoms with E-state index in [1.54, 1.807) is 13.0 Å². The summed E-state index contributed by atoms with van der Waals surface area (Å²) < 4.78 is 13.2. The Morgan fingerprint density at radius 2 is 2.21 bits per heavy atom. The van der Waals surface area contributed by atoms with Gasteiger partial charge in [-0.25, -0.2) is 4.39 Å². The minimum absolute atomic E-state index is 0.0874. The van der Waals surface area contributed by atoms with E-state index in [0.717, 1.165) is 0 Å². The molecule has 2 rings (SSSR count). The Hall–Kier alpha value is -1.95. The monoisotopic (exact) mass is 266 g/mol. The van der Waals surface area contributed by atoms with Crippen molar-refractivity contribution in [3.05, 3.63) is 35.1 Å². The number of nitrogens with one attached hydrogen (secondary N) is 1. The van der Waals surface area contributed by atoms with Crippen molar-refractivity contribution < 1.29 is 19.1 Å². The first-order chi connectivity index (χ1) is 8.99. The SMILES string of the molecule is Cc1ccc(F)cc1C(=O)N1CCNC(C(=O)O)C1. The standard InChI is InChI=1S/C13H15FN2O3/c1-8-2-3-9(14)6-10(8)12(17)16-5-4-15-11(7-16)13(18)19/h2-3,6,11,15H,4-5,7H2,1H3,(H,18,19). The number of carbonyl (C=O) groups excluding carboxylic acids is 1. The number of piperazine rings is 1. The summed E-state index contributed by atoms with van der Waals surface area (Å²) in [5.41, 5.74) is 0.961. The number of carbonyl (C=O) groups is 2. The van der Waals surface area contributed by atoms with E-state index in [-0.39, 0.29) is 18.0 Å². The molecule has 0 radical (unpaired) electrons. The van der Waals surface area contributed by atoms with Crippen LogP contribution < -0.4 is 5.32 Å². The van der Waals surface area contributed by atoms with E-state index in [1.807, 2.05) is 0 Å². The van der Waals surface area contributed by atoms with Gasteiger partial charge in [-0.1, -0.05) is 6.07 Å². The van der Waals surface area contributed by atoms with Gasteiger partial charge in [0.15, 0.2) is 0 Å². The van der Waals surface area contributed by atoms with E-state index in [0.29, 0.717) is 18.7 Å². The van der Waals surface area contributed by atoms with Gasteiger partial charge in [0.1, 0.15) is 11.9 Å². The van der Waals surface area contributed by atoms with Crippen LogP contribution in [0.25, 0.3) is 0 Å². The van der Waals surface area contributed by atoms with Gasteiger partial charge in [0.05, 0.1) is 0 Å². The predicted octanol–water partition coefficient (Wildman–Crippen LogP) is 0.633. The Morgan fingerprint density at radius 1 is 1.47 bits per heavy atom. The summed E-state index contributed by atoms with van der Waals surface area (Å²) in [6.07, 6.45) is 0. The molecular weight excluding hydrogens is 251 g/mol. The molecule has 0 spiro atoms. The lowest BCUT2D eigenvalue weighted by atomic mass is 10.1. The minimum Gasteiger partial charge on any atom is -0.480 e. The number of aliphatic carboxylic acids is 1. The normalized spacial score (nSPS) is 19.3. The Kier molecular flexibility index (Phi) is 3.80. The first-order valence-corrected chi connectivity index (χ1v) is 6.00. The van der Waals surface area contributed by atoms with Crippen LogP contribution in [0.1, 0.15) is 15.9 Å². The summed E-state index contributed by atoms with van der Waals surface area (Å²) in [5, 5.41) is 11.8. The molecule has 6 heteroatoms. The highest BCUT2D eigenvalue weighted by Crippen LogP contribution is 2.14. The lowest BCUT2D eigenvalue weighted by Crippen LogP contribution is -2.55. The summed E-state index contributed by atoms with van der Waals surface area (Å²) in [4.78, 5) is 24.6. The maximum atomic E-state index is 13.2. The number of benzene rings is 1. The fourth-order valence-corrected chi connectivity index (χ4v) is 2.09. The van der Waals surface area contributed by atoms with Crippen LogP contribution in [0.4, 0.5) is 4.39 Å². The highest BCUT2D eigenvalue weighted by atomic mass is 19.1. The maximum absolute atomic E-state index is 13.2. The van der Waals surface area contributed by atoms with Crippen LogP contribution in [0, 0.1) is 12.7 Å². The highest BCUT2D eigenvalue weighted by Gasteiger charge is 2.28. The number of aryl methyl sites for hydroxylation is 1. The van der Waals surface area contributed by atoms with Crippen LogP contribution in [0.5, 0.6) is 0 Å². The molecule has 1 aromatic rings. The largest absolute Gasteiger partial charge is 0.480 e. The van der Waals surface area contributed by atoms with Gasteiger partial charge in [-0.15, -0.1) is 0 Å². The lowest BCUT2D eigenvalue weighted by Gasteiger charge is -2.32. The second kappa shape index (κ2) is 5.36. The zero-order valence-corrected chi connectivity index (χ0v) is 10.5. The summed E-state index contributed by atoms with van der Waals surface area (Å²) >= 11 is 0. The summed E-state index contributed by atoms with van der Waals surface area (Å²) in [5.74, 6) is -1.79. The molecule has 2 N–H and O–H groups in total. The average Bonchev–Trinajstić information content (AvgIpc) is 2.41. The average molecular weight is 266 g/mol. The van der Waals surface area contributed by atoms with Gasteiger partial charge >= 0.3 is 5.97 Å². The fraction of sp³-hybridized carbons (Fsp3) is 0.385. The van der Waals surface area contributed by atoms with Crippen molar-refractivity contribution in [1.29, 1.82) is 0 Å². The maximum Gasteiger partial charge on any atom is 0.322 e. The lowest BCUT2D eigenvalue weighted by molar-refractivity contribution is -0.140. The van der Waals surface area contributed by atoms with Gasteiger partial charge in [-0.3, -0.25) is 9.59 Å². The quantitative estimate of drug-likeness (QED) is 0.824. The Morgan fingerprint density at radius 3 is 2.89 bits per heavy atom. The topological polar surface area (TPSA) is 69.6 Å². The molecule has 1 aliphatic heterocycles. The third-order valence-corrected chi connectivity index (χ3v) is 3.19. The van der Waals surface area contributed by atoms with Gasteiger partial charge in [-0.05, 0) is 24.6 Å². The van der Waals surface area contributed by atoms with E-state index >= 15 is 0 Å². The Labute approximate surface area is 110 Å². The number of carboxylic acids is 1. The van der Waals surface area contributed by atoms with E-state index in [4.69, 9.17) is 5.11 Å². The molecular formula is C13H15FN2O3. The molecule has 0 aliphatic carbocycles. The number of hydrogen-bond donors (Lipinski definition) is 2. The van der Waals surface area contributed by atoms with Crippen molar-refractivity contribution in [3.8, 4) is 0 Å². The number of nitrogens with zero attached hydrogens (tertiary/aromatic N) is 1. The molecule has 5 nitrogen and oxygen atoms in total. The van der Waals surface area contributed by atoms with Crippen LogP contribution in [-0.4, -0.2) is 47.6 Å². The molecule has 1 aliphatic rings. The smallest absolute Gasteiger partial charge is 0.322 e. The van der Waals surface area contributed by atoms with Crippen LogP contribution >= 0.6 is 0 Å². The molecule has 1 fully saturated rings. The molecule has 102 valence electrons. The van der Waals surface area contributed by atoms with Crippen LogP contribution in [0.3, 0.4) is 0 Å². The molecule has 19 heavy (non-hydrogen) atoms. The molecule has 0 bridgehead atoms. The number of hydrogen-bond acceptors (Lipinski definition) is 3. The highest BCUT2D eigenvalue weighted by molar-refractivity contribution is 5.96. The van der Waals surface area contributed by atoms with Crippen LogP contribution in [-0.2, 0) is 4.79 Å². The summed E-state index contributed by atoms with van der Waals surface area (Å²) in [6.45, 7) is 2.64. The van der Waals surface area contributed by atoms with Gasteiger partial charge in [0.2, 0.25) is 0 Å². The van der Waals surface area contributed by atoms with Gasteiger partial charge in [0, 0.05) is 25.2 Å². The summed E-state index contributed by atoms with van der Waals surface area (Å²) in [6, 6.07) is 3.25. The van der Waals surface area contributed by atoms with E-state index in [1.165, 1.54) is 17.0 Å². The van der Waals surface area contributed by atoms with Gasteiger partial charge in [-0.2, -0.15) is 0 Å². The number of carboxylic acid groups (broad SMARTS) is 1. The van der Waals surface area contributed by atoms with Crippen molar-refractivity contribution in [3.63, 3.8) is 0 Å². The van der Waals surface area contributed by atoms with Crippen molar-refractivity contribution in [1.82, 2.24) is 10.2 Å². The fourth-order valence-electron chi connectivity index (χ4n) is 2.09. The summed E-state index contributed by atoms with van der Waals surface area (Å²) in [7, 11) is 0. The second-order valence-corrected chi connectivity index (χ2v) is 4.56. The van der Waals surface area contributed by atoms with Gasteiger partial charge in [0.25, 0.3) is 5.91 Å².